The van der Waals surface area contributed by atoms with Gasteiger partial charge in [0.15, 0.2) is 0 Å². The number of carbonyl (C=O) groups is 2. The lowest BCUT2D eigenvalue weighted by atomic mass is 9.82. The standard InChI is InChI=1S/C15H28N2O4/c1-14(2,3)9-15(4,5)16-13(20)17-8-10(21-6)7-11(17)12(18)19/h10-11H,7-9H2,1-6H3,(H,16,20)(H,18,19). The van der Waals surface area contributed by atoms with E-state index in [4.69, 9.17) is 4.74 Å². The molecule has 21 heavy (non-hydrogen) atoms. The molecule has 0 radical (unpaired) electrons. The van der Waals surface area contributed by atoms with E-state index in [1.807, 2.05) is 13.8 Å². The summed E-state index contributed by atoms with van der Waals surface area (Å²) in [7, 11) is 1.54. The fourth-order valence-electron chi connectivity index (χ4n) is 3.16. The molecule has 0 aromatic heterocycles. The van der Waals surface area contributed by atoms with Gasteiger partial charge in [-0.1, -0.05) is 20.8 Å². The zero-order valence-corrected chi connectivity index (χ0v) is 13.9. The number of carbonyl (C=O) groups excluding carboxylic acids is 1. The van der Waals surface area contributed by atoms with Gasteiger partial charge in [-0.15, -0.1) is 0 Å². The molecule has 2 N–H and O–H groups in total. The molecular formula is C15H28N2O4. The second kappa shape index (κ2) is 6.22. The van der Waals surface area contributed by atoms with Gasteiger partial charge in [-0.25, -0.2) is 9.59 Å². The average Bonchev–Trinajstić information content (AvgIpc) is 2.68. The van der Waals surface area contributed by atoms with Crippen molar-refractivity contribution in [3.63, 3.8) is 0 Å². The lowest BCUT2D eigenvalue weighted by Crippen LogP contribution is -2.54. The fourth-order valence-corrected chi connectivity index (χ4v) is 3.16. The molecule has 2 amide bonds. The molecule has 0 spiro atoms. The van der Waals surface area contributed by atoms with Crippen LogP contribution >= 0.6 is 0 Å². The van der Waals surface area contributed by atoms with Crippen molar-refractivity contribution in [2.75, 3.05) is 13.7 Å². The molecule has 1 aliphatic rings. The fraction of sp³-hybridized carbons (Fsp3) is 0.867. The highest BCUT2D eigenvalue weighted by Crippen LogP contribution is 2.28. The van der Waals surface area contributed by atoms with Crippen molar-refractivity contribution in [3.05, 3.63) is 0 Å². The Morgan fingerprint density at radius 1 is 1.29 bits per heavy atom. The number of aliphatic carboxylic acids is 1. The molecule has 122 valence electrons. The van der Waals surface area contributed by atoms with E-state index in [9.17, 15) is 14.7 Å². The van der Waals surface area contributed by atoms with Crippen LogP contribution < -0.4 is 5.32 Å². The van der Waals surface area contributed by atoms with Crippen molar-refractivity contribution in [2.24, 2.45) is 5.41 Å². The molecule has 0 aromatic carbocycles. The number of nitrogens with zero attached hydrogens (tertiary/aromatic N) is 1. The maximum Gasteiger partial charge on any atom is 0.326 e. The van der Waals surface area contributed by atoms with Crippen LogP contribution in [0.2, 0.25) is 0 Å². The van der Waals surface area contributed by atoms with E-state index < -0.39 is 17.6 Å². The molecular weight excluding hydrogens is 272 g/mol. The molecule has 0 saturated carbocycles. The summed E-state index contributed by atoms with van der Waals surface area (Å²) in [5, 5.41) is 12.2. The molecule has 1 saturated heterocycles. The summed E-state index contributed by atoms with van der Waals surface area (Å²) in [6.07, 6.45) is 0.909. The Morgan fingerprint density at radius 3 is 2.29 bits per heavy atom. The second-order valence-electron chi connectivity index (χ2n) is 7.65. The van der Waals surface area contributed by atoms with Gasteiger partial charge < -0.3 is 20.1 Å². The van der Waals surface area contributed by atoms with E-state index in [1.165, 1.54) is 12.0 Å². The van der Waals surface area contributed by atoms with E-state index in [1.54, 1.807) is 0 Å². The first-order valence-corrected chi connectivity index (χ1v) is 7.29. The highest BCUT2D eigenvalue weighted by atomic mass is 16.5. The van der Waals surface area contributed by atoms with Gasteiger partial charge in [0.2, 0.25) is 0 Å². The van der Waals surface area contributed by atoms with Gasteiger partial charge in [0.1, 0.15) is 6.04 Å². The first-order chi connectivity index (χ1) is 9.45. The van der Waals surface area contributed by atoms with Crippen LogP contribution in [0.15, 0.2) is 0 Å². The van der Waals surface area contributed by atoms with Crippen molar-refractivity contribution in [1.29, 1.82) is 0 Å². The molecule has 1 heterocycles. The summed E-state index contributed by atoms with van der Waals surface area (Å²) in [6, 6.07) is -1.16. The minimum Gasteiger partial charge on any atom is -0.480 e. The summed E-state index contributed by atoms with van der Waals surface area (Å²) in [5.41, 5.74) is -0.327. The van der Waals surface area contributed by atoms with Crippen LogP contribution in [0.3, 0.4) is 0 Å². The number of carboxylic acids is 1. The van der Waals surface area contributed by atoms with E-state index >= 15 is 0 Å². The number of methoxy groups -OCH3 is 1. The molecule has 2 atom stereocenters. The van der Waals surface area contributed by atoms with Crippen LogP contribution in [0.4, 0.5) is 4.79 Å². The number of likely N-dealkylation sites (tertiary alicyclic amines) is 1. The Balaban J connectivity index is 2.75. The maximum atomic E-state index is 12.4. The van der Waals surface area contributed by atoms with Crippen molar-refractivity contribution < 1.29 is 19.4 Å². The van der Waals surface area contributed by atoms with Gasteiger partial charge in [0.05, 0.1) is 6.10 Å². The van der Waals surface area contributed by atoms with Gasteiger partial charge in [-0.3, -0.25) is 0 Å². The van der Waals surface area contributed by atoms with E-state index in [0.717, 1.165) is 6.42 Å². The largest absolute Gasteiger partial charge is 0.480 e. The van der Waals surface area contributed by atoms with Crippen LogP contribution in [0.25, 0.3) is 0 Å². The lowest BCUT2D eigenvalue weighted by Gasteiger charge is -2.35. The molecule has 6 heteroatoms. The van der Waals surface area contributed by atoms with E-state index in [2.05, 4.69) is 26.1 Å². The zero-order chi connectivity index (χ0) is 16.4. The van der Waals surface area contributed by atoms with Gasteiger partial charge in [-0.2, -0.15) is 0 Å². The second-order valence-corrected chi connectivity index (χ2v) is 7.65. The monoisotopic (exact) mass is 300 g/mol. The molecule has 6 nitrogen and oxygen atoms in total. The van der Waals surface area contributed by atoms with Gasteiger partial charge in [-0.05, 0) is 25.7 Å². The molecule has 1 fully saturated rings. The third kappa shape index (κ3) is 5.19. The first kappa shape index (κ1) is 17.8. The number of hydrogen-bond donors (Lipinski definition) is 2. The SMILES string of the molecule is COC1CC(C(=O)O)N(C(=O)NC(C)(C)CC(C)(C)C)C1. The van der Waals surface area contributed by atoms with Crippen molar-refractivity contribution in [1.82, 2.24) is 10.2 Å². The molecule has 0 aromatic rings. The summed E-state index contributed by atoms with van der Waals surface area (Å²) in [6.45, 7) is 10.5. The summed E-state index contributed by atoms with van der Waals surface area (Å²) < 4.78 is 5.20. The summed E-state index contributed by atoms with van der Waals surface area (Å²) >= 11 is 0. The Kier molecular flexibility index (Phi) is 5.25. The van der Waals surface area contributed by atoms with Crippen molar-refractivity contribution in [2.45, 2.75) is 65.1 Å². The van der Waals surface area contributed by atoms with Crippen LogP contribution in [-0.2, 0) is 9.53 Å². The third-order valence-corrected chi connectivity index (χ3v) is 3.56. The molecule has 0 bridgehead atoms. The maximum absolute atomic E-state index is 12.4. The highest BCUT2D eigenvalue weighted by Gasteiger charge is 2.41. The number of nitrogens with one attached hydrogen (secondary N) is 1. The Bertz CT molecular complexity index is 401. The number of amides is 2. The Hall–Kier alpha value is -1.30. The van der Waals surface area contributed by atoms with Crippen LogP contribution in [-0.4, -0.2) is 53.3 Å². The van der Waals surface area contributed by atoms with Crippen LogP contribution in [0, 0.1) is 5.41 Å². The molecule has 1 rings (SSSR count). The minimum absolute atomic E-state index is 0.0725. The van der Waals surface area contributed by atoms with E-state index in [0.29, 0.717) is 13.0 Å². The normalized spacial score (nSPS) is 23.2. The number of rotatable bonds is 4. The van der Waals surface area contributed by atoms with Gasteiger partial charge >= 0.3 is 12.0 Å². The van der Waals surface area contributed by atoms with Crippen molar-refractivity contribution >= 4 is 12.0 Å². The highest BCUT2D eigenvalue weighted by molar-refractivity contribution is 5.83. The summed E-state index contributed by atoms with van der Waals surface area (Å²) in [5.74, 6) is -0.988. The number of carboxylic acid groups (broad SMARTS) is 1. The number of hydrogen-bond acceptors (Lipinski definition) is 3. The predicted octanol–water partition coefficient (Wildman–Crippen LogP) is 2.08. The quantitative estimate of drug-likeness (QED) is 0.833. The van der Waals surface area contributed by atoms with Crippen LogP contribution in [0.5, 0.6) is 0 Å². The van der Waals surface area contributed by atoms with Gasteiger partial charge in [0, 0.05) is 25.6 Å². The van der Waals surface area contributed by atoms with Crippen LogP contribution in [0.1, 0.15) is 47.5 Å². The van der Waals surface area contributed by atoms with E-state index in [-0.39, 0.29) is 17.6 Å². The first-order valence-electron chi connectivity index (χ1n) is 7.29. The minimum atomic E-state index is -0.988. The predicted molar refractivity (Wildman–Crippen MR) is 80.2 cm³/mol. The Labute approximate surface area is 126 Å². The number of ether oxygens (including phenoxy) is 1. The lowest BCUT2D eigenvalue weighted by molar-refractivity contribution is -0.141. The average molecular weight is 300 g/mol. The van der Waals surface area contributed by atoms with Crippen molar-refractivity contribution in [3.8, 4) is 0 Å². The molecule has 2 unspecified atom stereocenters. The topological polar surface area (TPSA) is 78.9 Å². The van der Waals surface area contributed by atoms with Gasteiger partial charge in [0.25, 0.3) is 0 Å². The summed E-state index contributed by atoms with van der Waals surface area (Å²) in [4.78, 5) is 25.1. The molecule has 1 aliphatic heterocycles. The number of urea groups is 1. The smallest absolute Gasteiger partial charge is 0.326 e. The zero-order valence-electron chi connectivity index (χ0n) is 13.9. The molecule has 0 aliphatic carbocycles. The Morgan fingerprint density at radius 2 is 1.86 bits per heavy atom. The third-order valence-electron chi connectivity index (χ3n) is 3.56.